The summed E-state index contributed by atoms with van der Waals surface area (Å²) in [5.74, 6) is -0.346. The number of primary amides is 1. The standard InChI is InChI=1S/C11H18N2O2S/c1-11(10(12)14,5-6-15-2)13-8-9-4-3-7-16-9/h3-4,7,13H,5-6,8H2,1-2H3,(H2,12,14). The van der Waals surface area contributed by atoms with Crippen LogP contribution in [0.2, 0.25) is 0 Å². The number of hydrogen-bond acceptors (Lipinski definition) is 4. The lowest BCUT2D eigenvalue weighted by atomic mass is 9.97. The summed E-state index contributed by atoms with van der Waals surface area (Å²) in [6.45, 7) is 2.97. The zero-order valence-electron chi connectivity index (χ0n) is 9.66. The van der Waals surface area contributed by atoms with E-state index in [0.29, 0.717) is 19.6 Å². The van der Waals surface area contributed by atoms with Crippen molar-refractivity contribution in [2.75, 3.05) is 13.7 Å². The van der Waals surface area contributed by atoms with Crippen LogP contribution in [0, 0.1) is 0 Å². The molecule has 0 radical (unpaired) electrons. The molecule has 4 nitrogen and oxygen atoms in total. The number of carbonyl (C=O) groups is 1. The normalized spacial score (nSPS) is 14.6. The van der Waals surface area contributed by atoms with Crippen molar-refractivity contribution in [3.63, 3.8) is 0 Å². The van der Waals surface area contributed by atoms with E-state index in [1.54, 1.807) is 18.4 Å². The molecule has 0 aliphatic heterocycles. The number of ether oxygens (including phenoxy) is 1. The summed E-state index contributed by atoms with van der Waals surface area (Å²) in [5, 5.41) is 5.20. The van der Waals surface area contributed by atoms with E-state index in [2.05, 4.69) is 5.32 Å². The number of methoxy groups -OCH3 is 1. The lowest BCUT2D eigenvalue weighted by Gasteiger charge is -2.27. The van der Waals surface area contributed by atoms with Gasteiger partial charge in [0, 0.05) is 25.1 Å². The van der Waals surface area contributed by atoms with Gasteiger partial charge in [0.25, 0.3) is 0 Å². The van der Waals surface area contributed by atoms with Crippen LogP contribution in [-0.2, 0) is 16.1 Å². The Morgan fingerprint density at radius 2 is 2.44 bits per heavy atom. The van der Waals surface area contributed by atoms with E-state index in [9.17, 15) is 4.79 Å². The summed E-state index contributed by atoms with van der Waals surface area (Å²) in [4.78, 5) is 12.6. The number of nitrogens with one attached hydrogen (secondary N) is 1. The summed E-state index contributed by atoms with van der Waals surface area (Å²) >= 11 is 1.65. The lowest BCUT2D eigenvalue weighted by Crippen LogP contribution is -2.53. The Morgan fingerprint density at radius 3 is 2.94 bits per heavy atom. The van der Waals surface area contributed by atoms with Crippen molar-refractivity contribution in [2.24, 2.45) is 5.73 Å². The van der Waals surface area contributed by atoms with Crippen LogP contribution in [0.5, 0.6) is 0 Å². The molecule has 16 heavy (non-hydrogen) atoms. The predicted octanol–water partition coefficient (Wildman–Crippen LogP) is 1.12. The fourth-order valence-electron chi connectivity index (χ4n) is 1.30. The van der Waals surface area contributed by atoms with Crippen LogP contribution in [0.15, 0.2) is 17.5 Å². The minimum absolute atomic E-state index is 0.346. The molecule has 0 saturated heterocycles. The average Bonchev–Trinajstić information content (AvgIpc) is 2.76. The van der Waals surface area contributed by atoms with E-state index < -0.39 is 5.54 Å². The SMILES string of the molecule is COCCC(C)(NCc1cccs1)C(N)=O. The summed E-state index contributed by atoms with van der Waals surface area (Å²) in [5.41, 5.74) is 4.69. The largest absolute Gasteiger partial charge is 0.385 e. The van der Waals surface area contributed by atoms with Gasteiger partial charge in [-0.1, -0.05) is 6.07 Å². The molecule has 1 atom stereocenters. The minimum atomic E-state index is -0.708. The van der Waals surface area contributed by atoms with Gasteiger partial charge < -0.3 is 10.5 Å². The maximum atomic E-state index is 11.4. The second-order valence-electron chi connectivity index (χ2n) is 3.87. The molecule has 5 heteroatoms. The van der Waals surface area contributed by atoms with Crippen molar-refractivity contribution >= 4 is 17.2 Å². The van der Waals surface area contributed by atoms with E-state index in [4.69, 9.17) is 10.5 Å². The van der Waals surface area contributed by atoms with Crippen LogP contribution in [0.25, 0.3) is 0 Å². The number of carbonyl (C=O) groups excluding carboxylic acids is 1. The Kier molecular flexibility index (Phi) is 4.92. The van der Waals surface area contributed by atoms with Gasteiger partial charge in [0.1, 0.15) is 0 Å². The molecule has 90 valence electrons. The highest BCUT2D eigenvalue weighted by Gasteiger charge is 2.29. The Balaban J connectivity index is 2.53. The van der Waals surface area contributed by atoms with Gasteiger partial charge >= 0.3 is 0 Å². The molecular formula is C11H18N2O2S. The van der Waals surface area contributed by atoms with E-state index in [0.717, 1.165) is 0 Å². The molecule has 0 aliphatic rings. The van der Waals surface area contributed by atoms with E-state index >= 15 is 0 Å². The second-order valence-corrected chi connectivity index (χ2v) is 4.90. The first kappa shape index (κ1) is 13.2. The third-order valence-electron chi connectivity index (χ3n) is 2.58. The highest BCUT2D eigenvalue weighted by atomic mass is 32.1. The summed E-state index contributed by atoms with van der Waals surface area (Å²) < 4.78 is 4.98. The molecule has 0 spiro atoms. The van der Waals surface area contributed by atoms with Crippen molar-refractivity contribution in [1.82, 2.24) is 5.32 Å². The lowest BCUT2D eigenvalue weighted by molar-refractivity contribution is -0.124. The van der Waals surface area contributed by atoms with Crippen molar-refractivity contribution in [3.8, 4) is 0 Å². The molecule has 1 unspecified atom stereocenters. The van der Waals surface area contributed by atoms with Crippen LogP contribution >= 0.6 is 11.3 Å². The first-order chi connectivity index (χ1) is 7.58. The number of nitrogens with two attached hydrogens (primary N) is 1. The van der Waals surface area contributed by atoms with E-state index in [-0.39, 0.29) is 5.91 Å². The first-order valence-electron chi connectivity index (χ1n) is 5.15. The minimum Gasteiger partial charge on any atom is -0.385 e. The maximum Gasteiger partial charge on any atom is 0.237 e. The highest BCUT2D eigenvalue weighted by Crippen LogP contribution is 2.13. The summed E-state index contributed by atoms with van der Waals surface area (Å²) in [7, 11) is 1.61. The maximum absolute atomic E-state index is 11.4. The van der Waals surface area contributed by atoms with Gasteiger partial charge in [0.2, 0.25) is 5.91 Å². The van der Waals surface area contributed by atoms with Gasteiger partial charge in [-0.3, -0.25) is 10.1 Å². The molecule has 1 heterocycles. The monoisotopic (exact) mass is 242 g/mol. The van der Waals surface area contributed by atoms with Gasteiger partial charge in [-0.2, -0.15) is 0 Å². The number of thiophene rings is 1. The van der Waals surface area contributed by atoms with Gasteiger partial charge in [-0.25, -0.2) is 0 Å². The average molecular weight is 242 g/mol. The Bertz CT molecular complexity index is 327. The van der Waals surface area contributed by atoms with Gasteiger partial charge in [0.05, 0.1) is 5.54 Å². The predicted molar refractivity (Wildman–Crippen MR) is 65.3 cm³/mol. The van der Waals surface area contributed by atoms with Gasteiger partial charge in [-0.15, -0.1) is 11.3 Å². The molecule has 3 N–H and O–H groups in total. The molecule has 0 bridgehead atoms. The molecule has 1 amide bonds. The third kappa shape index (κ3) is 3.59. The van der Waals surface area contributed by atoms with Crippen LogP contribution in [0.3, 0.4) is 0 Å². The Morgan fingerprint density at radius 1 is 1.69 bits per heavy atom. The van der Waals surface area contributed by atoms with E-state index in [1.807, 2.05) is 24.4 Å². The topological polar surface area (TPSA) is 64.3 Å². The summed E-state index contributed by atoms with van der Waals surface area (Å²) in [6, 6.07) is 4.01. The van der Waals surface area contributed by atoms with Crippen LogP contribution in [0.1, 0.15) is 18.2 Å². The fourth-order valence-corrected chi connectivity index (χ4v) is 1.94. The van der Waals surface area contributed by atoms with Crippen molar-refractivity contribution < 1.29 is 9.53 Å². The Labute approximate surface area is 99.8 Å². The van der Waals surface area contributed by atoms with Crippen LogP contribution < -0.4 is 11.1 Å². The molecule has 1 rings (SSSR count). The van der Waals surface area contributed by atoms with Crippen molar-refractivity contribution in [2.45, 2.75) is 25.4 Å². The van der Waals surface area contributed by atoms with Crippen molar-refractivity contribution in [3.05, 3.63) is 22.4 Å². The molecule has 1 aromatic rings. The quantitative estimate of drug-likeness (QED) is 0.753. The summed E-state index contributed by atoms with van der Waals surface area (Å²) in [6.07, 6.45) is 0.574. The zero-order valence-corrected chi connectivity index (χ0v) is 10.5. The smallest absolute Gasteiger partial charge is 0.237 e. The molecule has 0 aromatic carbocycles. The van der Waals surface area contributed by atoms with Gasteiger partial charge in [-0.05, 0) is 24.8 Å². The van der Waals surface area contributed by atoms with Crippen molar-refractivity contribution in [1.29, 1.82) is 0 Å². The Hall–Kier alpha value is -0.910. The number of amides is 1. The molecular weight excluding hydrogens is 224 g/mol. The number of rotatable bonds is 7. The molecule has 0 fully saturated rings. The fraction of sp³-hybridized carbons (Fsp3) is 0.545. The van der Waals surface area contributed by atoms with Crippen LogP contribution in [0.4, 0.5) is 0 Å². The van der Waals surface area contributed by atoms with E-state index in [1.165, 1.54) is 4.88 Å². The molecule has 1 aromatic heterocycles. The van der Waals surface area contributed by atoms with Gasteiger partial charge in [0.15, 0.2) is 0 Å². The highest BCUT2D eigenvalue weighted by molar-refractivity contribution is 7.09. The third-order valence-corrected chi connectivity index (χ3v) is 3.46. The molecule has 0 saturated carbocycles. The first-order valence-corrected chi connectivity index (χ1v) is 6.03. The van der Waals surface area contributed by atoms with Crippen LogP contribution in [-0.4, -0.2) is 25.2 Å². The second kappa shape index (κ2) is 5.98. The zero-order chi connectivity index (χ0) is 12.0. The number of hydrogen-bond donors (Lipinski definition) is 2. The molecule has 0 aliphatic carbocycles.